The largest absolute Gasteiger partial charge is 0.481 e. The number of benzene rings is 1. The topological polar surface area (TPSA) is 153 Å². The normalized spacial score (nSPS) is 10.2. The number of aromatic carboxylic acids is 1. The number of carboxylic acid groups (broad SMARTS) is 2. The number of imidazole rings is 1. The maximum absolute atomic E-state index is 12.5. The summed E-state index contributed by atoms with van der Waals surface area (Å²) in [6.45, 7) is 2.38. The Labute approximate surface area is 168 Å². The molecular weight excluding hydrogens is 378 g/mol. The van der Waals surface area contributed by atoms with Crippen molar-refractivity contribution in [2.75, 3.05) is 5.32 Å². The van der Waals surface area contributed by atoms with Crippen LogP contribution < -0.4 is 5.32 Å². The Morgan fingerprint density at radius 2 is 1.76 bits per heavy atom. The first kappa shape index (κ1) is 23.8. The van der Waals surface area contributed by atoms with Gasteiger partial charge in [-0.15, -0.1) is 0 Å². The molecule has 1 heterocycles. The molecule has 0 aliphatic rings. The van der Waals surface area contributed by atoms with Gasteiger partial charge in [-0.3, -0.25) is 9.59 Å². The Bertz CT molecular complexity index is 846. The van der Waals surface area contributed by atoms with Gasteiger partial charge in [-0.1, -0.05) is 38.3 Å². The van der Waals surface area contributed by atoms with Crippen molar-refractivity contribution in [2.45, 2.75) is 52.0 Å². The van der Waals surface area contributed by atoms with Crippen LogP contribution in [0.3, 0.4) is 0 Å². The number of aryl methyl sites for hydroxylation is 2. The molecule has 9 nitrogen and oxygen atoms in total. The van der Waals surface area contributed by atoms with E-state index < -0.39 is 17.8 Å². The average molecular weight is 405 g/mol. The third kappa shape index (κ3) is 7.04. The van der Waals surface area contributed by atoms with E-state index in [2.05, 4.69) is 17.2 Å². The second kappa shape index (κ2) is 11.6. The minimum atomic E-state index is -1.19. The Hall–Kier alpha value is -3.20. The van der Waals surface area contributed by atoms with Crippen molar-refractivity contribution in [2.24, 2.45) is 0 Å². The lowest BCUT2D eigenvalue weighted by atomic mass is 10.1. The van der Waals surface area contributed by atoms with Crippen LogP contribution >= 0.6 is 0 Å². The van der Waals surface area contributed by atoms with Gasteiger partial charge < -0.3 is 25.6 Å². The lowest BCUT2D eigenvalue weighted by molar-refractivity contribution is -0.137. The number of carbonyl (C=O) groups excluding carboxylic acids is 1. The summed E-state index contributed by atoms with van der Waals surface area (Å²) in [6, 6.07) is 5.94. The SMILES string of the molecule is CCCCCCc1nc(NC(=O)c2ccccc2C(=O)O)cn1CCC(=O)O.O. The minimum absolute atomic E-state index is 0. The highest BCUT2D eigenvalue weighted by atomic mass is 16.4. The Morgan fingerprint density at radius 1 is 1.07 bits per heavy atom. The third-order valence-electron chi connectivity index (χ3n) is 4.32. The number of nitrogens with zero attached hydrogens (tertiary/aromatic N) is 2. The highest BCUT2D eigenvalue weighted by Crippen LogP contribution is 2.16. The molecule has 0 spiro atoms. The van der Waals surface area contributed by atoms with Crippen molar-refractivity contribution < 1.29 is 30.1 Å². The van der Waals surface area contributed by atoms with Crippen LogP contribution in [-0.2, 0) is 17.8 Å². The predicted octanol–water partition coefficient (Wildman–Crippen LogP) is 2.61. The fourth-order valence-corrected chi connectivity index (χ4v) is 2.88. The maximum atomic E-state index is 12.5. The van der Waals surface area contributed by atoms with Gasteiger partial charge in [0.15, 0.2) is 5.82 Å². The van der Waals surface area contributed by atoms with Crippen molar-refractivity contribution in [3.05, 3.63) is 47.4 Å². The van der Waals surface area contributed by atoms with Gasteiger partial charge in [0, 0.05) is 19.2 Å². The highest BCUT2D eigenvalue weighted by Gasteiger charge is 2.18. The Kier molecular flexibility index (Phi) is 9.54. The van der Waals surface area contributed by atoms with Crippen LogP contribution in [0.25, 0.3) is 0 Å². The summed E-state index contributed by atoms with van der Waals surface area (Å²) in [6.07, 6.45) is 6.43. The van der Waals surface area contributed by atoms with Crippen LogP contribution in [0.4, 0.5) is 5.82 Å². The summed E-state index contributed by atoms with van der Waals surface area (Å²) in [5, 5.41) is 20.8. The van der Waals surface area contributed by atoms with Gasteiger partial charge in [0.2, 0.25) is 0 Å². The Balaban J connectivity index is 0.00000420. The zero-order valence-corrected chi connectivity index (χ0v) is 16.4. The second-order valence-corrected chi connectivity index (χ2v) is 6.50. The molecule has 0 radical (unpaired) electrons. The number of unbranched alkanes of at least 4 members (excludes halogenated alkanes) is 3. The molecule has 2 aromatic rings. The van der Waals surface area contributed by atoms with Crippen LogP contribution in [0.15, 0.2) is 30.5 Å². The van der Waals surface area contributed by atoms with Gasteiger partial charge in [0.05, 0.1) is 17.5 Å². The fraction of sp³-hybridized carbons (Fsp3) is 0.400. The molecule has 0 atom stereocenters. The number of aromatic nitrogens is 2. The van der Waals surface area contributed by atoms with Gasteiger partial charge in [-0.25, -0.2) is 9.78 Å². The molecule has 29 heavy (non-hydrogen) atoms. The van der Waals surface area contributed by atoms with E-state index in [1.165, 1.54) is 12.1 Å². The van der Waals surface area contributed by atoms with Crippen molar-refractivity contribution in [1.29, 1.82) is 0 Å². The van der Waals surface area contributed by atoms with Gasteiger partial charge >= 0.3 is 11.9 Å². The first-order valence-corrected chi connectivity index (χ1v) is 9.34. The molecule has 9 heteroatoms. The standard InChI is InChI=1S/C20H25N3O5.H2O/c1-2-3-4-5-10-17-21-16(13-23(17)12-11-18(24)25)22-19(26)14-8-6-7-9-15(14)20(27)28;/h6-9,13H,2-5,10-12H2,1H3,(H,22,26)(H,24,25)(H,27,28);1H2. The molecule has 5 N–H and O–H groups in total. The third-order valence-corrected chi connectivity index (χ3v) is 4.32. The molecule has 0 bridgehead atoms. The van der Waals surface area contributed by atoms with Gasteiger partial charge in [-0.05, 0) is 18.6 Å². The lowest BCUT2D eigenvalue weighted by Crippen LogP contribution is -2.16. The number of aliphatic carboxylic acids is 1. The van der Waals surface area contributed by atoms with E-state index in [0.717, 1.165) is 25.7 Å². The van der Waals surface area contributed by atoms with E-state index in [4.69, 9.17) is 5.11 Å². The second-order valence-electron chi connectivity index (χ2n) is 6.50. The maximum Gasteiger partial charge on any atom is 0.336 e. The van der Waals surface area contributed by atoms with E-state index in [0.29, 0.717) is 12.2 Å². The number of hydrogen-bond donors (Lipinski definition) is 3. The highest BCUT2D eigenvalue weighted by molar-refractivity contribution is 6.10. The average Bonchev–Trinajstić information content (AvgIpc) is 3.05. The molecular formula is C20H27N3O6. The predicted molar refractivity (Wildman–Crippen MR) is 107 cm³/mol. The van der Waals surface area contributed by atoms with Crippen LogP contribution in [-0.4, -0.2) is 43.1 Å². The molecule has 0 aliphatic carbocycles. The zero-order valence-electron chi connectivity index (χ0n) is 16.4. The van der Waals surface area contributed by atoms with Crippen molar-refractivity contribution >= 4 is 23.7 Å². The molecule has 158 valence electrons. The van der Waals surface area contributed by atoms with Crippen molar-refractivity contribution in [1.82, 2.24) is 9.55 Å². The number of hydrogen-bond acceptors (Lipinski definition) is 4. The summed E-state index contributed by atoms with van der Waals surface area (Å²) in [5.74, 6) is -1.68. The molecule has 0 aliphatic heterocycles. The quantitative estimate of drug-likeness (QED) is 0.488. The first-order valence-electron chi connectivity index (χ1n) is 9.34. The molecule has 2 rings (SSSR count). The van der Waals surface area contributed by atoms with Crippen LogP contribution in [0.5, 0.6) is 0 Å². The van der Waals surface area contributed by atoms with E-state index in [1.54, 1.807) is 22.9 Å². The number of rotatable bonds is 11. The summed E-state index contributed by atoms with van der Waals surface area (Å²) in [5.41, 5.74) is -0.0512. The summed E-state index contributed by atoms with van der Waals surface area (Å²) in [7, 11) is 0. The minimum Gasteiger partial charge on any atom is -0.481 e. The van der Waals surface area contributed by atoms with E-state index in [-0.39, 0.29) is 35.4 Å². The number of amides is 1. The van der Waals surface area contributed by atoms with Gasteiger partial charge in [0.25, 0.3) is 5.91 Å². The number of nitrogens with one attached hydrogen (secondary N) is 1. The smallest absolute Gasteiger partial charge is 0.336 e. The van der Waals surface area contributed by atoms with Gasteiger partial charge in [-0.2, -0.15) is 0 Å². The Morgan fingerprint density at radius 3 is 2.38 bits per heavy atom. The molecule has 0 unspecified atom stereocenters. The van der Waals surface area contributed by atoms with E-state index >= 15 is 0 Å². The van der Waals surface area contributed by atoms with Crippen molar-refractivity contribution in [3.63, 3.8) is 0 Å². The lowest BCUT2D eigenvalue weighted by Gasteiger charge is -2.05. The summed E-state index contributed by atoms with van der Waals surface area (Å²) < 4.78 is 1.73. The fourth-order valence-electron chi connectivity index (χ4n) is 2.88. The van der Waals surface area contributed by atoms with Crippen LogP contribution in [0, 0.1) is 0 Å². The van der Waals surface area contributed by atoms with E-state index in [9.17, 15) is 19.5 Å². The number of carboxylic acids is 2. The molecule has 1 amide bonds. The molecule has 1 aromatic carbocycles. The van der Waals surface area contributed by atoms with E-state index in [1.807, 2.05) is 0 Å². The van der Waals surface area contributed by atoms with Crippen molar-refractivity contribution in [3.8, 4) is 0 Å². The number of carbonyl (C=O) groups is 3. The number of anilines is 1. The monoisotopic (exact) mass is 405 g/mol. The summed E-state index contributed by atoms with van der Waals surface area (Å²) in [4.78, 5) is 39.1. The zero-order chi connectivity index (χ0) is 20.5. The molecule has 0 fully saturated rings. The first-order chi connectivity index (χ1) is 13.4. The molecule has 0 saturated carbocycles. The molecule has 1 aromatic heterocycles. The van der Waals surface area contributed by atoms with Crippen LogP contribution in [0.2, 0.25) is 0 Å². The summed E-state index contributed by atoms with van der Waals surface area (Å²) >= 11 is 0. The van der Waals surface area contributed by atoms with Gasteiger partial charge in [0.1, 0.15) is 5.82 Å². The van der Waals surface area contributed by atoms with Crippen LogP contribution in [0.1, 0.15) is 65.6 Å². The molecule has 0 saturated heterocycles.